The number of ether oxygens (including phenoxy) is 1. The molecule has 3 unspecified atom stereocenters. The van der Waals surface area contributed by atoms with Crippen molar-refractivity contribution >= 4 is 15.4 Å². The standard InChI is InChI=1S/C14H27BFO6P/c1-5-13(4,8-9-11(17)10(16)12(15)21-9)22-23(19,20)14(18,6-2)7-3/h9-12,17-18H,5-8H2,1-4H3,(H,19,20)/t9?,10-,11-,12-,13?/m1/s1. The molecule has 1 aliphatic rings. The highest BCUT2D eigenvalue weighted by molar-refractivity contribution is 7.54. The van der Waals surface area contributed by atoms with Crippen LogP contribution in [0.15, 0.2) is 0 Å². The Hall–Kier alpha value is 0.0249. The van der Waals surface area contributed by atoms with Gasteiger partial charge < -0.3 is 24.4 Å². The average molecular weight is 352 g/mol. The van der Waals surface area contributed by atoms with E-state index in [1.165, 1.54) is 0 Å². The molecule has 1 saturated heterocycles. The van der Waals surface area contributed by atoms with Crippen LogP contribution in [-0.2, 0) is 13.8 Å². The zero-order valence-electron chi connectivity index (χ0n) is 14.1. The van der Waals surface area contributed by atoms with Gasteiger partial charge in [0.2, 0.25) is 0 Å². The van der Waals surface area contributed by atoms with Crippen LogP contribution in [0.2, 0.25) is 0 Å². The molecule has 1 aliphatic heterocycles. The van der Waals surface area contributed by atoms with E-state index in [-0.39, 0.29) is 19.3 Å². The fourth-order valence-corrected chi connectivity index (χ4v) is 4.40. The number of hydrogen-bond acceptors (Lipinski definition) is 5. The van der Waals surface area contributed by atoms with Gasteiger partial charge in [-0.05, 0) is 26.2 Å². The van der Waals surface area contributed by atoms with E-state index in [2.05, 4.69) is 0 Å². The smallest absolute Gasteiger partial charge is 0.359 e. The SMILES string of the molecule is [B][C@@H]1OC(CC(C)(CC)OP(=O)(O)C(O)(CC)CC)[C@@H](O)[C@H]1F. The van der Waals surface area contributed by atoms with Crippen molar-refractivity contribution in [2.45, 2.75) is 88.7 Å². The first-order valence-corrected chi connectivity index (χ1v) is 9.52. The van der Waals surface area contributed by atoms with Crippen molar-refractivity contribution < 1.29 is 33.3 Å². The first-order chi connectivity index (χ1) is 10.4. The fourth-order valence-electron chi connectivity index (χ4n) is 2.63. The summed E-state index contributed by atoms with van der Waals surface area (Å²) in [6.45, 7) is 6.48. The van der Waals surface area contributed by atoms with Crippen LogP contribution in [0.3, 0.4) is 0 Å². The monoisotopic (exact) mass is 352 g/mol. The van der Waals surface area contributed by atoms with Crippen LogP contribution in [0.25, 0.3) is 0 Å². The molecule has 134 valence electrons. The van der Waals surface area contributed by atoms with Crippen molar-refractivity contribution in [3.8, 4) is 0 Å². The third-order valence-corrected chi connectivity index (χ3v) is 7.11. The molecule has 1 rings (SSSR count). The maximum absolute atomic E-state index is 13.6. The van der Waals surface area contributed by atoms with Gasteiger partial charge in [0, 0.05) is 6.42 Å². The van der Waals surface area contributed by atoms with Crippen LogP contribution in [0.1, 0.15) is 53.4 Å². The van der Waals surface area contributed by atoms with Crippen LogP contribution in [-0.4, -0.2) is 58.3 Å². The summed E-state index contributed by atoms with van der Waals surface area (Å²) < 4.78 is 36.7. The Labute approximate surface area is 138 Å². The molecule has 0 aromatic heterocycles. The topological polar surface area (TPSA) is 96.2 Å². The van der Waals surface area contributed by atoms with E-state index in [9.17, 15) is 24.1 Å². The molecule has 0 saturated carbocycles. The second-order valence-corrected chi connectivity index (χ2v) is 8.44. The van der Waals surface area contributed by atoms with Crippen LogP contribution in [0, 0.1) is 0 Å². The van der Waals surface area contributed by atoms with Crippen molar-refractivity contribution in [2.24, 2.45) is 0 Å². The van der Waals surface area contributed by atoms with Gasteiger partial charge in [-0.25, -0.2) is 4.39 Å². The van der Waals surface area contributed by atoms with Crippen LogP contribution >= 0.6 is 7.60 Å². The van der Waals surface area contributed by atoms with Gasteiger partial charge in [0.15, 0.2) is 5.34 Å². The van der Waals surface area contributed by atoms with E-state index < -0.39 is 42.9 Å². The Morgan fingerprint density at radius 1 is 1.30 bits per heavy atom. The molecule has 3 N–H and O–H groups in total. The highest BCUT2D eigenvalue weighted by Crippen LogP contribution is 2.60. The summed E-state index contributed by atoms with van der Waals surface area (Å²) in [6, 6.07) is -1.24. The summed E-state index contributed by atoms with van der Waals surface area (Å²) in [7, 11) is 1.05. The Balaban J connectivity index is 2.92. The molecule has 0 aromatic rings. The third kappa shape index (κ3) is 4.36. The highest BCUT2D eigenvalue weighted by Gasteiger charge is 2.50. The molecule has 0 aromatic carbocycles. The van der Waals surface area contributed by atoms with Gasteiger partial charge in [-0.15, -0.1) is 0 Å². The molecular formula is C14H27BFO6P. The molecule has 1 fully saturated rings. The zero-order chi connectivity index (χ0) is 18.1. The van der Waals surface area contributed by atoms with E-state index in [1.807, 2.05) is 0 Å². The predicted octanol–water partition coefficient (Wildman–Crippen LogP) is 1.85. The van der Waals surface area contributed by atoms with Crippen molar-refractivity contribution in [3.05, 3.63) is 0 Å². The molecule has 0 spiro atoms. The number of aliphatic hydroxyl groups is 2. The highest BCUT2D eigenvalue weighted by atomic mass is 31.2. The van der Waals surface area contributed by atoms with Gasteiger partial charge in [0.05, 0.1) is 17.7 Å². The maximum atomic E-state index is 13.6. The maximum Gasteiger partial charge on any atom is 0.359 e. The van der Waals surface area contributed by atoms with E-state index in [4.69, 9.17) is 17.1 Å². The van der Waals surface area contributed by atoms with Crippen molar-refractivity contribution in [1.29, 1.82) is 0 Å². The first kappa shape index (κ1) is 21.1. The average Bonchev–Trinajstić information content (AvgIpc) is 2.72. The molecular weight excluding hydrogens is 325 g/mol. The minimum Gasteiger partial charge on any atom is -0.387 e. The second-order valence-electron chi connectivity index (χ2n) is 6.38. The number of rotatable bonds is 8. The van der Waals surface area contributed by atoms with E-state index in [1.54, 1.807) is 27.7 Å². The minimum atomic E-state index is -4.37. The summed E-state index contributed by atoms with van der Waals surface area (Å²) in [5.74, 6) is 0. The van der Waals surface area contributed by atoms with Crippen LogP contribution in [0.4, 0.5) is 4.39 Å². The Bertz CT molecular complexity index is 449. The predicted molar refractivity (Wildman–Crippen MR) is 85.1 cm³/mol. The fraction of sp³-hybridized carbons (Fsp3) is 1.00. The minimum absolute atomic E-state index is 0.0210. The zero-order valence-corrected chi connectivity index (χ0v) is 15.0. The molecule has 2 radical (unpaired) electrons. The lowest BCUT2D eigenvalue weighted by Crippen LogP contribution is -2.40. The van der Waals surface area contributed by atoms with Gasteiger partial charge in [-0.3, -0.25) is 4.57 Å². The van der Waals surface area contributed by atoms with Gasteiger partial charge in [0.25, 0.3) is 0 Å². The van der Waals surface area contributed by atoms with Crippen LogP contribution in [0.5, 0.6) is 0 Å². The summed E-state index contributed by atoms with van der Waals surface area (Å²) in [5.41, 5.74) is -1.18. The molecule has 23 heavy (non-hydrogen) atoms. The number of halogens is 1. The van der Waals surface area contributed by atoms with Gasteiger partial charge in [-0.2, -0.15) is 0 Å². The Morgan fingerprint density at radius 2 is 1.83 bits per heavy atom. The lowest BCUT2D eigenvalue weighted by molar-refractivity contribution is -0.0450. The molecule has 6 nitrogen and oxygen atoms in total. The quantitative estimate of drug-likeness (QED) is 0.456. The lowest BCUT2D eigenvalue weighted by atomic mass is 9.90. The van der Waals surface area contributed by atoms with Crippen molar-refractivity contribution in [3.63, 3.8) is 0 Å². The summed E-state index contributed by atoms with van der Waals surface area (Å²) in [6.07, 6.45) is -3.69. The second kappa shape index (κ2) is 7.50. The van der Waals surface area contributed by atoms with E-state index >= 15 is 0 Å². The van der Waals surface area contributed by atoms with Crippen molar-refractivity contribution in [2.75, 3.05) is 0 Å². The molecule has 0 aliphatic carbocycles. The number of aliphatic hydroxyl groups excluding tert-OH is 1. The largest absolute Gasteiger partial charge is 0.387 e. The molecule has 6 atom stereocenters. The first-order valence-electron chi connectivity index (χ1n) is 7.94. The summed E-state index contributed by atoms with van der Waals surface area (Å²) in [5, 5.41) is 18.3. The molecule has 1 heterocycles. The molecule has 9 heteroatoms. The Kier molecular flexibility index (Phi) is 6.87. The van der Waals surface area contributed by atoms with E-state index in [0.717, 1.165) is 0 Å². The van der Waals surface area contributed by atoms with E-state index in [0.29, 0.717) is 6.42 Å². The normalized spacial score (nSPS) is 34.1. The molecule has 0 bridgehead atoms. The number of hydrogen-bond donors (Lipinski definition) is 3. The summed E-state index contributed by atoms with van der Waals surface area (Å²) >= 11 is 0. The van der Waals surface area contributed by atoms with Gasteiger partial charge in [-0.1, -0.05) is 20.8 Å². The molecule has 0 amide bonds. The van der Waals surface area contributed by atoms with Gasteiger partial charge >= 0.3 is 7.60 Å². The summed E-state index contributed by atoms with van der Waals surface area (Å²) in [4.78, 5) is 10.2. The van der Waals surface area contributed by atoms with Crippen LogP contribution < -0.4 is 0 Å². The lowest BCUT2D eigenvalue weighted by Gasteiger charge is -2.38. The Morgan fingerprint density at radius 3 is 2.17 bits per heavy atom. The number of alkyl halides is 1. The van der Waals surface area contributed by atoms with Crippen molar-refractivity contribution in [1.82, 2.24) is 0 Å². The van der Waals surface area contributed by atoms with Gasteiger partial charge in [0.1, 0.15) is 20.1 Å². The third-order valence-electron chi connectivity index (χ3n) is 4.74.